The number of hydrogen-bond acceptors (Lipinski definition) is 2. The smallest absolute Gasteiger partial charge is 0.188 e. The quantitative estimate of drug-likeness (QED) is 0.618. The van der Waals surface area contributed by atoms with Gasteiger partial charge >= 0.3 is 0 Å². The van der Waals surface area contributed by atoms with Crippen molar-refractivity contribution < 1.29 is 4.39 Å². The summed E-state index contributed by atoms with van der Waals surface area (Å²) in [5.74, 6) is 0.711. The first-order valence-electron chi connectivity index (χ1n) is 6.84. The number of nitrogens with one attached hydrogen (secondary N) is 1. The van der Waals surface area contributed by atoms with Crippen LogP contribution in [0, 0.1) is 11.7 Å². The lowest BCUT2D eigenvalue weighted by Gasteiger charge is -2.11. The third-order valence-corrected chi connectivity index (χ3v) is 2.73. The molecule has 0 saturated carbocycles. The molecule has 0 bridgehead atoms. The largest absolute Gasteiger partial charge is 0.370 e. The Morgan fingerprint density at radius 2 is 2.10 bits per heavy atom. The summed E-state index contributed by atoms with van der Waals surface area (Å²) < 4.78 is 13.9. The van der Waals surface area contributed by atoms with E-state index in [1.54, 1.807) is 6.07 Å². The van der Waals surface area contributed by atoms with Crippen LogP contribution in [0.25, 0.3) is 0 Å². The SMILES string of the molecule is CC(C)CNC(N)=NCc1ccc(CN(C)C)c(F)c1. The number of nitrogens with zero attached hydrogens (tertiary/aromatic N) is 2. The second-order valence-corrected chi connectivity index (χ2v) is 5.64. The van der Waals surface area contributed by atoms with Crippen LogP contribution < -0.4 is 11.1 Å². The third-order valence-electron chi connectivity index (χ3n) is 2.73. The average molecular weight is 280 g/mol. The highest BCUT2D eigenvalue weighted by atomic mass is 19.1. The molecule has 5 heteroatoms. The summed E-state index contributed by atoms with van der Waals surface area (Å²) in [7, 11) is 3.83. The van der Waals surface area contributed by atoms with Gasteiger partial charge in [0.1, 0.15) is 5.82 Å². The van der Waals surface area contributed by atoms with Crippen molar-refractivity contribution in [3.05, 3.63) is 35.1 Å². The number of rotatable bonds is 6. The lowest BCUT2D eigenvalue weighted by Crippen LogP contribution is -2.34. The standard InChI is InChI=1S/C15H25FN4/c1-11(2)8-18-15(17)19-9-12-5-6-13(10-20(3)4)14(16)7-12/h5-7,11H,8-10H2,1-4H3,(H3,17,18,19). The van der Waals surface area contributed by atoms with E-state index in [4.69, 9.17) is 5.73 Å². The summed E-state index contributed by atoms with van der Waals surface area (Å²) in [6.07, 6.45) is 0. The zero-order chi connectivity index (χ0) is 15.1. The van der Waals surface area contributed by atoms with Crippen molar-refractivity contribution >= 4 is 5.96 Å². The highest BCUT2D eigenvalue weighted by Gasteiger charge is 2.04. The third kappa shape index (κ3) is 6.02. The number of aliphatic imine (C=N–C) groups is 1. The molecular formula is C15H25FN4. The van der Waals surface area contributed by atoms with Crippen molar-refractivity contribution in [2.45, 2.75) is 26.9 Å². The topological polar surface area (TPSA) is 53.6 Å². The van der Waals surface area contributed by atoms with Gasteiger partial charge in [-0.1, -0.05) is 26.0 Å². The van der Waals surface area contributed by atoms with E-state index in [1.807, 2.05) is 25.1 Å². The molecule has 1 aromatic rings. The summed E-state index contributed by atoms with van der Waals surface area (Å²) >= 11 is 0. The Hall–Kier alpha value is -1.62. The van der Waals surface area contributed by atoms with Gasteiger partial charge in [-0.25, -0.2) is 9.38 Å². The Morgan fingerprint density at radius 3 is 2.65 bits per heavy atom. The van der Waals surface area contributed by atoms with Crippen LogP contribution >= 0.6 is 0 Å². The monoisotopic (exact) mass is 280 g/mol. The summed E-state index contributed by atoms with van der Waals surface area (Å²) in [4.78, 5) is 6.14. The molecule has 0 aliphatic heterocycles. The van der Waals surface area contributed by atoms with Crippen LogP contribution in [0.3, 0.4) is 0 Å². The Morgan fingerprint density at radius 1 is 1.40 bits per heavy atom. The van der Waals surface area contributed by atoms with Crippen LogP contribution in [0.4, 0.5) is 4.39 Å². The molecule has 1 rings (SSSR count). The van der Waals surface area contributed by atoms with Gasteiger partial charge in [0.05, 0.1) is 6.54 Å². The maximum Gasteiger partial charge on any atom is 0.188 e. The van der Waals surface area contributed by atoms with Gasteiger partial charge in [0.2, 0.25) is 0 Å². The Labute approximate surface area is 120 Å². The molecule has 0 aliphatic carbocycles. The van der Waals surface area contributed by atoms with E-state index in [0.29, 0.717) is 30.5 Å². The molecule has 0 saturated heterocycles. The molecule has 1 aromatic carbocycles. The summed E-state index contributed by atoms with van der Waals surface area (Å²) in [6.45, 7) is 5.95. The Bertz CT molecular complexity index is 455. The molecule has 112 valence electrons. The van der Waals surface area contributed by atoms with Crippen molar-refractivity contribution in [1.82, 2.24) is 10.2 Å². The van der Waals surface area contributed by atoms with Crippen molar-refractivity contribution in [2.75, 3.05) is 20.6 Å². The van der Waals surface area contributed by atoms with E-state index in [-0.39, 0.29) is 5.82 Å². The van der Waals surface area contributed by atoms with Crippen LogP contribution in [-0.2, 0) is 13.1 Å². The molecule has 0 spiro atoms. The molecule has 0 aromatic heterocycles. The van der Waals surface area contributed by atoms with Gasteiger partial charge in [-0.15, -0.1) is 0 Å². The minimum atomic E-state index is -0.194. The lowest BCUT2D eigenvalue weighted by atomic mass is 10.1. The normalized spacial score (nSPS) is 12.2. The second kappa shape index (κ2) is 7.85. The minimum absolute atomic E-state index is 0.194. The number of nitrogens with two attached hydrogens (primary N) is 1. The molecule has 0 aliphatic rings. The predicted octanol–water partition coefficient (Wildman–Crippen LogP) is 1.95. The lowest BCUT2D eigenvalue weighted by molar-refractivity contribution is 0.392. The molecule has 20 heavy (non-hydrogen) atoms. The van der Waals surface area contributed by atoms with Crippen molar-refractivity contribution in [1.29, 1.82) is 0 Å². The van der Waals surface area contributed by atoms with Gasteiger partial charge in [-0.05, 0) is 31.6 Å². The van der Waals surface area contributed by atoms with Gasteiger partial charge in [0.15, 0.2) is 5.96 Å². The highest BCUT2D eigenvalue weighted by Crippen LogP contribution is 2.12. The maximum atomic E-state index is 13.9. The molecule has 0 heterocycles. The molecule has 3 N–H and O–H groups in total. The minimum Gasteiger partial charge on any atom is -0.370 e. The van der Waals surface area contributed by atoms with Gasteiger partial charge in [-0.2, -0.15) is 0 Å². The van der Waals surface area contributed by atoms with Crippen LogP contribution in [0.2, 0.25) is 0 Å². The summed E-state index contributed by atoms with van der Waals surface area (Å²) in [5, 5.41) is 3.03. The van der Waals surface area contributed by atoms with E-state index in [1.165, 1.54) is 6.07 Å². The van der Waals surface area contributed by atoms with Crippen LogP contribution in [-0.4, -0.2) is 31.5 Å². The predicted molar refractivity (Wildman–Crippen MR) is 82.0 cm³/mol. The number of hydrogen-bond donors (Lipinski definition) is 2. The first-order chi connectivity index (χ1) is 9.38. The maximum absolute atomic E-state index is 13.9. The van der Waals surface area contributed by atoms with Crippen molar-refractivity contribution in [3.8, 4) is 0 Å². The van der Waals surface area contributed by atoms with Crippen LogP contribution in [0.5, 0.6) is 0 Å². The first-order valence-corrected chi connectivity index (χ1v) is 6.84. The van der Waals surface area contributed by atoms with E-state index in [9.17, 15) is 4.39 Å². The van der Waals surface area contributed by atoms with Gasteiger partial charge in [0, 0.05) is 18.7 Å². The molecule has 4 nitrogen and oxygen atoms in total. The van der Waals surface area contributed by atoms with E-state index >= 15 is 0 Å². The first kappa shape index (κ1) is 16.4. The van der Waals surface area contributed by atoms with Crippen LogP contribution in [0.15, 0.2) is 23.2 Å². The van der Waals surface area contributed by atoms with E-state index < -0.39 is 0 Å². The highest BCUT2D eigenvalue weighted by molar-refractivity contribution is 5.77. The van der Waals surface area contributed by atoms with Gasteiger partial charge in [-0.3, -0.25) is 0 Å². The molecule has 0 fully saturated rings. The fourth-order valence-electron chi connectivity index (χ4n) is 1.70. The second-order valence-electron chi connectivity index (χ2n) is 5.64. The number of halogens is 1. The number of guanidine groups is 1. The van der Waals surface area contributed by atoms with Crippen molar-refractivity contribution in [3.63, 3.8) is 0 Å². The fraction of sp³-hybridized carbons (Fsp3) is 0.533. The average Bonchev–Trinajstić information content (AvgIpc) is 2.36. The van der Waals surface area contributed by atoms with E-state index in [2.05, 4.69) is 24.2 Å². The fourth-order valence-corrected chi connectivity index (χ4v) is 1.70. The number of benzene rings is 1. The molecular weight excluding hydrogens is 255 g/mol. The van der Waals surface area contributed by atoms with Crippen LogP contribution in [0.1, 0.15) is 25.0 Å². The Balaban J connectivity index is 2.60. The molecule has 0 radical (unpaired) electrons. The van der Waals surface area contributed by atoms with Gasteiger partial charge < -0.3 is 16.0 Å². The van der Waals surface area contributed by atoms with E-state index in [0.717, 1.165) is 12.1 Å². The zero-order valence-electron chi connectivity index (χ0n) is 12.8. The molecule has 0 atom stereocenters. The summed E-state index contributed by atoms with van der Waals surface area (Å²) in [6, 6.07) is 5.22. The van der Waals surface area contributed by atoms with Crippen molar-refractivity contribution in [2.24, 2.45) is 16.6 Å². The molecule has 0 amide bonds. The van der Waals surface area contributed by atoms with Gasteiger partial charge in [0.25, 0.3) is 0 Å². The molecule has 0 unspecified atom stereocenters. The Kier molecular flexibility index (Phi) is 6.45. The zero-order valence-corrected chi connectivity index (χ0v) is 12.8. The summed E-state index contributed by atoms with van der Waals surface area (Å²) in [5.41, 5.74) is 7.25.